The fourth-order valence-electron chi connectivity index (χ4n) is 0.794. The summed E-state index contributed by atoms with van der Waals surface area (Å²) in [6, 6.07) is 1.53. The molecular weight excluding hydrogens is 174 g/mol. The SMILES string of the molecule is COC(CN)C(=O)Nc1ccon1. The van der Waals surface area contributed by atoms with Crippen molar-refractivity contribution in [2.75, 3.05) is 19.0 Å². The van der Waals surface area contributed by atoms with Crippen molar-refractivity contribution >= 4 is 11.7 Å². The highest BCUT2D eigenvalue weighted by Crippen LogP contribution is 2.02. The lowest BCUT2D eigenvalue weighted by Gasteiger charge is -2.10. The van der Waals surface area contributed by atoms with Crippen LogP contribution in [0.5, 0.6) is 0 Å². The van der Waals surface area contributed by atoms with E-state index < -0.39 is 6.10 Å². The van der Waals surface area contributed by atoms with Crippen molar-refractivity contribution in [3.8, 4) is 0 Å². The van der Waals surface area contributed by atoms with Crippen LogP contribution in [0.2, 0.25) is 0 Å². The van der Waals surface area contributed by atoms with E-state index in [0.717, 1.165) is 0 Å². The summed E-state index contributed by atoms with van der Waals surface area (Å²) < 4.78 is 9.34. The Hall–Kier alpha value is -1.40. The number of methoxy groups -OCH3 is 1. The van der Waals surface area contributed by atoms with E-state index in [2.05, 4.69) is 15.0 Å². The second-order valence-electron chi connectivity index (χ2n) is 2.33. The summed E-state index contributed by atoms with van der Waals surface area (Å²) in [5.74, 6) is 0.0133. The normalized spacial score (nSPS) is 12.5. The summed E-state index contributed by atoms with van der Waals surface area (Å²) in [7, 11) is 1.42. The number of aromatic nitrogens is 1. The van der Waals surface area contributed by atoms with E-state index in [1.807, 2.05) is 0 Å². The first-order valence-corrected chi connectivity index (χ1v) is 3.72. The zero-order valence-corrected chi connectivity index (χ0v) is 7.19. The van der Waals surface area contributed by atoms with Gasteiger partial charge in [-0.2, -0.15) is 0 Å². The van der Waals surface area contributed by atoms with Gasteiger partial charge in [0.25, 0.3) is 5.91 Å². The molecule has 1 atom stereocenters. The Kier molecular flexibility index (Phi) is 3.41. The number of rotatable bonds is 4. The Morgan fingerprint density at radius 3 is 3.15 bits per heavy atom. The molecule has 1 rings (SSSR count). The standard InChI is InChI=1S/C7H11N3O3/c1-12-5(4-8)7(11)9-6-2-3-13-10-6/h2-3,5H,4,8H2,1H3,(H,9,10,11). The van der Waals surface area contributed by atoms with Crippen LogP contribution in [-0.2, 0) is 9.53 Å². The number of anilines is 1. The summed E-state index contributed by atoms with van der Waals surface area (Å²) in [6.45, 7) is 0.125. The van der Waals surface area contributed by atoms with Crippen LogP contribution in [0.3, 0.4) is 0 Å². The lowest BCUT2D eigenvalue weighted by Crippen LogP contribution is -2.35. The lowest BCUT2D eigenvalue weighted by atomic mass is 10.3. The van der Waals surface area contributed by atoms with Gasteiger partial charge in [0.15, 0.2) is 5.82 Å². The third kappa shape index (κ3) is 2.53. The highest BCUT2D eigenvalue weighted by atomic mass is 16.5. The molecule has 6 heteroatoms. The molecule has 1 unspecified atom stereocenters. The van der Waals surface area contributed by atoms with E-state index in [4.69, 9.17) is 10.5 Å². The Morgan fingerprint density at radius 1 is 1.92 bits per heavy atom. The van der Waals surface area contributed by atoms with Crippen molar-refractivity contribution in [1.82, 2.24) is 5.16 Å². The van der Waals surface area contributed by atoms with Crippen LogP contribution in [-0.4, -0.2) is 30.8 Å². The number of nitrogens with one attached hydrogen (secondary N) is 1. The minimum atomic E-state index is -0.656. The van der Waals surface area contributed by atoms with Crippen LogP contribution >= 0.6 is 0 Å². The molecule has 0 aliphatic carbocycles. The molecule has 0 fully saturated rings. The molecule has 6 nitrogen and oxygen atoms in total. The predicted octanol–water partition coefficient (Wildman–Crippen LogP) is -0.413. The van der Waals surface area contributed by atoms with Crippen LogP contribution in [0.1, 0.15) is 0 Å². The van der Waals surface area contributed by atoms with E-state index >= 15 is 0 Å². The number of hydrogen-bond acceptors (Lipinski definition) is 5. The maximum Gasteiger partial charge on any atom is 0.256 e. The van der Waals surface area contributed by atoms with Crippen molar-refractivity contribution in [3.05, 3.63) is 12.3 Å². The topological polar surface area (TPSA) is 90.4 Å². The third-order valence-corrected chi connectivity index (χ3v) is 1.48. The van der Waals surface area contributed by atoms with Gasteiger partial charge in [-0.15, -0.1) is 0 Å². The molecule has 0 bridgehead atoms. The molecule has 72 valence electrons. The molecule has 1 heterocycles. The molecule has 0 saturated carbocycles. The second kappa shape index (κ2) is 4.58. The van der Waals surface area contributed by atoms with E-state index in [1.54, 1.807) is 0 Å². The zero-order valence-electron chi connectivity index (χ0n) is 7.19. The monoisotopic (exact) mass is 185 g/mol. The maximum absolute atomic E-state index is 11.3. The zero-order chi connectivity index (χ0) is 9.68. The Labute approximate surface area is 75.0 Å². The summed E-state index contributed by atoms with van der Waals surface area (Å²) in [5.41, 5.74) is 5.28. The minimum Gasteiger partial charge on any atom is -0.370 e. The van der Waals surface area contributed by atoms with E-state index in [-0.39, 0.29) is 12.5 Å². The number of amides is 1. The minimum absolute atomic E-state index is 0.125. The lowest BCUT2D eigenvalue weighted by molar-refractivity contribution is -0.125. The highest BCUT2D eigenvalue weighted by molar-refractivity contribution is 5.93. The van der Waals surface area contributed by atoms with Gasteiger partial charge in [0.2, 0.25) is 0 Å². The van der Waals surface area contributed by atoms with Gasteiger partial charge in [0.05, 0.1) is 0 Å². The van der Waals surface area contributed by atoms with Gasteiger partial charge in [-0.3, -0.25) is 4.79 Å². The van der Waals surface area contributed by atoms with E-state index in [9.17, 15) is 4.79 Å². The molecule has 0 aliphatic rings. The number of ether oxygens (including phenoxy) is 1. The molecule has 0 radical (unpaired) electrons. The second-order valence-corrected chi connectivity index (χ2v) is 2.33. The Bertz CT molecular complexity index is 256. The van der Waals surface area contributed by atoms with Gasteiger partial charge in [-0.1, -0.05) is 5.16 Å². The number of hydrogen-bond donors (Lipinski definition) is 2. The van der Waals surface area contributed by atoms with Crippen molar-refractivity contribution in [2.45, 2.75) is 6.10 Å². The first-order valence-electron chi connectivity index (χ1n) is 3.72. The van der Waals surface area contributed by atoms with E-state index in [0.29, 0.717) is 5.82 Å². The van der Waals surface area contributed by atoms with Crippen LogP contribution in [0, 0.1) is 0 Å². The first-order chi connectivity index (χ1) is 6.27. The molecule has 13 heavy (non-hydrogen) atoms. The number of nitrogens with two attached hydrogens (primary N) is 1. The quantitative estimate of drug-likeness (QED) is 0.665. The number of carbonyl (C=O) groups is 1. The van der Waals surface area contributed by atoms with Crippen molar-refractivity contribution < 1.29 is 14.1 Å². The van der Waals surface area contributed by atoms with Crippen LogP contribution in [0.4, 0.5) is 5.82 Å². The molecule has 1 aromatic heterocycles. The maximum atomic E-state index is 11.3. The fourth-order valence-corrected chi connectivity index (χ4v) is 0.794. The van der Waals surface area contributed by atoms with Crippen molar-refractivity contribution in [1.29, 1.82) is 0 Å². The molecule has 1 amide bonds. The number of carbonyl (C=O) groups excluding carboxylic acids is 1. The van der Waals surface area contributed by atoms with Gasteiger partial charge >= 0.3 is 0 Å². The number of nitrogens with zero attached hydrogens (tertiary/aromatic N) is 1. The molecule has 0 saturated heterocycles. The van der Waals surface area contributed by atoms with Crippen LogP contribution in [0.25, 0.3) is 0 Å². The Balaban J connectivity index is 2.49. The summed E-state index contributed by atoms with van der Waals surface area (Å²) in [5, 5.41) is 5.98. The smallest absolute Gasteiger partial charge is 0.256 e. The molecule has 1 aromatic rings. The average molecular weight is 185 g/mol. The molecule has 0 spiro atoms. The average Bonchev–Trinajstić information content (AvgIpc) is 2.59. The third-order valence-electron chi connectivity index (χ3n) is 1.48. The van der Waals surface area contributed by atoms with Crippen LogP contribution in [0.15, 0.2) is 16.9 Å². The van der Waals surface area contributed by atoms with Gasteiger partial charge in [-0.25, -0.2) is 0 Å². The van der Waals surface area contributed by atoms with Crippen molar-refractivity contribution in [3.63, 3.8) is 0 Å². The summed E-state index contributed by atoms with van der Waals surface area (Å²) in [6.07, 6.45) is 0.705. The molecular formula is C7H11N3O3. The fraction of sp³-hybridized carbons (Fsp3) is 0.429. The summed E-state index contributed by atoms with van der Waals surface area (Å²) >= 11 is 0. The van der Waals surface area contributed by atoms with Gasteiger partial charge in [-0.05, 0) is 0 Å². The largest absolute Gasteiger partial charge is 0.370 e. The summed E-state index contributed by atoms with van der Waals surface area (Å²) in [4.78, 5) is 11.3. The van der Waals surface area contributed by atoms with Gasteiger partial charge in [0, 0.05) is 19.7 Å². The van der Waals surface area contributed by atoms with Gasteiger partial charge in [0.1, 0.15) is 12.4 Å². The molecule has 0 aliphatic heterocycles. The van der Waals surface area contributed by atoms with E-state index in [1.165, 1.54) is 19.4 Å². The molecule has 3 N–H and O–H groups in total. The predicted molar refractivity (Wildman–Crippen MR) is 45.0 cm³/mol. The van der Waals surface area contributed by atoms with Crippen molar-refractivity contribution in [2.24, 2.45) is 5.73 Å². The van der Waals surface area contributed by atoms with Gasteiger partial charge < -0.3 is 20.3 Å². The van der Waals surface area contributed by atoms with Crippen LogP contribution < -0.4 is 11.1 Å². The Morgan fingerprint density at radius 2 is 2.69 bits per heavy atom. The highest BCUT2D eigenvalue weighted by Gasteiger charge is 2.16. The first kappa shape index (κ1) is 9.69. The molecule has 0 aromatic carbocycles.